The molecule has 31 heavy (non-hydrogen) atoms. The van der Waals surface area contributed by atoms with Crippen LogP contribution < -0.4 is 14.8 Å². The summed E-state index contributed by atoms with van der Waals surface area (Å²) in [5.41, 5.74) is 1.87. The number of rotatable bonds is 7. The van der Waals surface area contributed by atoms with Crippen molar-refractivity contribution in [3.63, 3.8) is 0 Å². The Bertz CT molecular complexity index is 1130. The number of benzene rings is 1. The standard InChI is InChI=1S/C23H25N3O5/c1-12(2)30-20-8-18-17(7-15(20)10-27)19(23-25-13(3)14(4)31-23)9-24-22(18)29-11-16-5-6-21(28)26-16/h7-10,12,16H,5-6,11H2,1-4H3,(H,26,28). The summed E-state index contributed by atoms with van der Waals surface area (Å²) in [5.74, 6) is 2.02. The van der Waals surface area contributed by atoms with E-state index in [1.807, 2.05) is 27.7 Å². The number of aldehydes is 1. The van der Waals surface area contributed by atoms with Crippen LogP contribution in [0.1, 0.15) is 48.5 Å². The summed E-state index contributed by atoms with van der Waals surface area (Å²) in [6, 6.07) is 3.46. The molecule has 0 spiro atoms. The molecule has 3 aromatic rings. The minimum absolute atomic E-state index is 0.0274. The number of nitrogens with one attached hydrogen (secondary N) is 1. The first kappa shape index (κ1) is 20.8. The summed E-state index contributed by atoms with van der Waals surface area (Å²) in [4.78, 5) is 32.2. The van der Waals surface area contributed by atoms with Gasteiger partial charge in [-0.05, 0) is 46.2 Å². The monoisotopic (exact) mass is 423 g/mol. The van der Waals surface area contributed by atoms with Gasteiger partial charge in [-0.3, -0.25) is 9.59 Å². The van der Waals surface area contributed by atoms with Crippen LogP contribution in [0.3, 0.4) is 0 Å². The second kappa shape index (κ2) is 8.37. The van der Waals surface area contributed by atoms with Gasteiger partial charge in [-0.25, -0.2) is 9.97 Å². The summed E-state index contributed by atoms with van der Waals surface area (Å²) in [6.07, 6.45) is 3.51. The largest absolute Gasteiger partial charge is 0.490 e. The van der Waals surface area contributed by atoms with E-state index in [2.05, 4.69) is 15.3 Å². The van der Waals surface area contributed by atoms with E-state index in [0.717, 1.165) is 29.5 Å². The molecule has 1 aliphatic heterocycles. The van der Waals surface area contributed by atoms with Crippen LogP contribution >= 0.6 is 0 Å². The van der Waals surface area contributed by atoms with Gasteiger partial charge in [-0.15, -0.1) is 0 Å². The highest BCUT2D eigenvalue weighted by molar-refractivity contribution is 6.01. The molecular weight excluding hydrogens is 398 g/mol. The van der Waals surface area contributed by atoms with E-state index in [1.165, 1.54) is 0 Å². The van der Waals surface area contributed by atoms with E-state index in [-0.39, 0.29) is 18.1 Å². The zero-order valence-electron chi connectivity index (χ0n) is 18.0. The summed E-state index contributed by atoms with van der Waals surface area (Å²) in [6.45, 7) is 7.81. The molecule has 0 bridgehead atoms. The number of aromatic nitrogens is 2. The lowest BCUT2D eigenvalue weighted by molar-refractivity contribution is -0.119. The lowest BCUT2D eigenvalue weighted by Gasteiger charge is -2.17. The van der Waals surface area contributed by atoms with Crippen LogP contribution in [0, 0.1) is 13.8 Å². The topological polar surface area (TPSA) is 104 Å². The summed E-state index contributed by atoms with van der Waals surface area (Å²) in [7, 11) is 0. The number of carbonyl (C=O) groups is 2. The summed E-state index contributed by atoms with van der Waals surface area (Å²) >= 11 is 0. The molecule has 1 aromatic carbocycles. The number of nitrogens with zero attached hydrogens (tertiary/aromatic N) is 2. The SMILES string of the molecule is Cc1nc(-c2cnc(OCC3CCC(=O)N3)c3cc(OC(C)C)c(C=O)cc23)oc1C. The molecule has 1 saturated heterocycles. The number of hydrogen-bond acceptors (Lipinski definition) is 7. The van der Waals surface area contributed by atoms with Crippen LogP contribution in [-0.4, -0.2) is 40.9 Å². The van der Waals surface area contributed by atoms with Gasteiger partial charge >= 0.3 is 0 Å². The van der Waals surface area contributed by atoms with Crippen molar-refractivity contribution in [1.82, 2.24) is 15.3 Å². The third-order valence-electron chi connectivity index (χ3n) is 5.24. The second-order valence-corrected chi connectivity index (χ2v) is 7.97. The van der Waals surface area contributed by atoms with Crippen molar-refractivity contribution in [2.45, 2.75) is 52.7 Å². The van der Waals surface area contributed by atoms with Crippen LogP contribution in [0.2, 0.25) is 0 Å². The molecular formula is C23H25N3O5. The average Bonchev–Trinajstić information content (AvgIpc) is 3.29. The van der Waals surface area contributed by atoms with Crippen LogP contribution in [0.15, 0.2) is 22.7 Å². The molecule has 0 saturated carbocycles. The van der Waals surface area contributed by atoms with Gasteiger partial charge in [-0.2, -0.15) is 0 Å². The Balaban J connectivity index is 1.82. The molecule has 0 aliphatic carbocycles. The number of fused-ring (bicyclic) bond motifs is 1. The Morgan fingerprint density at radius 3 is 2.71 bits per heavy atom. The first-order chi connectivity index (χ1) is 14.9. The van der Waals surface area contributed by atoms with E-state index in [0.29, 0.717) is 47.1 Å². The lowest BCUT2D eigenvalue weighted by atomic mass is 10.0. The predicted molar refractivity (Wildman–Crippen MR) is 115 cm³/mol. The normalized spacial score (nSPS) is 16.0. The molecule has 1 N–H and O–H groups in total. The highest BCUT2D eigenvalue weighted by Crippen LogP contribution is 2.37. The van der Waals surface area contributed by atoms with Crippen molar-refractivity contribution in [3.05, 3.63) is 35.3 Å². The minimum Gasteiger partial charge on any atom is -0.490 e. The van der Waals surface area contributed by atoms with Crippen molar-refractivity contribution in [2.75, 3.05) is 6.61 Å². The Morgan fingerprint density at radius 1 is 1.29 bits per heavy atom. The molecule has 8 nitrogen and oxygen atoms in total. The summed E-state index contributed by atoms with van der Waals surface area (Å²) in [5, 5.41) is 4.29. The smallest absolute Gasteiger partial charge is 0.228 e. The van der Waals surface area contributed by atoms with Gasteiger partial charge in [0.25, 0.3) is 0 Å². The fourth-order valence-electron chi connectivity index (χ4n) is 3.56. The van der Waals surface area contributed by atoms with Crippen LogP contribution in [-0.2, 0) is 4.79 Å². The molecule has 4 rings (SSSR count). The average molecular weight is 423 g/mol. The van der Waals surface area contributed by atoms with Crippen molar-refractivity contribution < 1.29 is 23.5 Å². The fourth-order valence-corrected chi connectivity index (χ4v) is 3.56. The van der Waals surface area contributed by atoms with Gasteiger partial charge in [0.15, 0.2) is 6.29 Å². The number of aryl methyl sites for hydroxylation is 2. The molecule has 0 radical (unpaired) electrons. The molecule has 1 atom stereocenters. The Morgan fingerprint density at radius 2 is 2.10 bits per heavy atom. The lowest BCUT2D eigenvalue weighted by Crippen LogP contribution is -2.31. The van der Waals surface area contributed by atoms with E-state index in [4.69, 9.17) is 13.9 Å². The zero-order valence-corrected chi connectivity index (χ0v) is 18.0. The fraction of sp³-hybridized carbons (Fsp3) is 0.391. The zero-order chi connectivity index (χ0) is 22.1. The number of hydrogen-bond donors (Lipinski definition) is 1. The van der Waals surface area contributed by atoms with E-state index in [9.17, 15) is 9.59 Å². The van der Waals surface area contributed by atoms with Gasteiger partial charge in [-0.1, -0.05) is 0 Å². The molecule has 1 aliphatic rings. The summed E-state index contributed by atoms with van der Waals surface area (Å²) < 4.78 is 17.6. The molecule has 3 heterocycles. The van der Waals surface area contributed by atoms with Gasteiger partial charge in [0, 0.05) is 23.4 Å². The molecule has 1 unspecified atom stereocenters. The Labute approximate surface area is 180 Å². The van der Waals surface area contributed by atoms with Crippen molar-refractivity contribution in [2.24, 2.45) is 0 Å². The van der Waals surface area contributed by atoms with Crippen LogP contribution in [0.25, 0.3) is 22.2 Å². The molecule has 162 valence electrons. The maximum Gasteiger partial charge on any atom is 0.228 e. The quantitative estimate of drug-likeness (QED) is 0.577. The maximum absolute atomic E-state index is 11.8. The van der Waals surface area contributed by atoms with E-state index >= 15 is 0 Å². The third-order valence-corrected chi connectivity index (χ3v) is 5.24. The minimum atomic E-state index is -0.109. The van der Waals surface area contributed by atoms with Crippen LogP contribution in [0.5, 0.6) is 11.6 Å². The molecule has 2 aromatic heterocycles. The van der Waals surface area contributed by atoms with Crippen molar-refractivity contribution in [1.29, 1.82) is 0 Å². The highest BCUT2D eigenvalue weighted by Gasteiger charge is 2.23. The van der Waals surface area contributed by atoms with Crippen molar-refractivity contribution in [3.8, 4) is 23.1 Å². The van der Waals surface area contributed by atoms with E-state index < -0.39 is 0 Å². The number of ether oxygens (including phenoxy) is 2. The molecule has 1 amide bonds. The number of oxazole rings is 1. The predicted octanol–water partition coefficient (Wildman–Crippen LogP) is 3.76. The first-order valence-electron chi connectivity index (χ1n) is 10.3. The number of carbonyl (C=O) groups excluding carboxylic acids is 2. The van der Waals surface area contributed by atoms with Gasteiger partial charge < -0.3 is 19.2 Å². The molecule has 8 heteroatoms. The van der Waals surface area contributed by atoms with E-state index in [1.54, 1.807) is 18.3 Å². The first-order valence-corrected chi connectivity index (χ1v) is 10.3. The number of pyridine rings is 1. The molecule has 1 fully saturated rings. The highest BCUT2D eigenvalue weighted by atomic mass is 16.5. The maximum atomic E-state index is 11.8. The Hall–Kier alpha value is -3.42. The number of amides is 1. The van der Waals surface area contributed by atoms with Gasteiger partial charge in [0.2, 0.25) is 17.7 Å². The van der Waals surface area contributed by atoms with Crippen molar-refractivity contribution >= 4 is 23.0 Å². The third kappa shape index (κ3) is 4.23. The van der Waals surface area contributed by atoms with Gasteiger partial charge in [0.05, 0.1) is 29.0 Å². The van der Waals surface area contributed by atoms with Crippen LogP contribution in [0.4, 0.5) is 0 Å². The van der Waals surface area contributed by atoms with Gasteiger partial charge in [0.1, 0.15) is 18.1 Å². The second-order valence-electron chi connectivity index (χ2n) is 7.97. The Kier molecular flexibility index (Phi) is 5.63.